The lowest BCUT2D eigenvalue weighted by Gasteiger charge is -2.11. The minimum Gasteiger partial charge on any atom is -0.382 e. The molecule has 0 saturated carbocycles. The van der Waals surface area contributed by atoms with Gasteiger partial charge in [-0.25, -0.2) is 24.0 Å². The summed E-state index contributed by atoms with van der Waals surface area (Å²) in [6.07, 6.45) is 7.41. The first-order valence-electron chi connectivity index (χ1n) is 8.83. The second-order valence-corrected chi connectivity index (χ2v) is 6.16. The molecule has 150 valence electrons. The predicted octanol–water partition coefficient (Wildman–Crippen LogP) is 2.04. The van der Waals surface area contributed by atoms with Crippen LogP contribution in [0.15, 0.2) is 61.3 Å². The zero-order valence-electron chi connectivity index (χ0n) is 15.5. The van der Waals surface area contributed by atoms with Gasteiger partial charge in [0.1, 0.15) is 17.3 Å². The molecule has 0 aliphatic rings. The zero-order chi connectivity index (χ0) is 20.9. The lowest BCUT2D eigenvalue weighted by molar-refractivity contribution is 0.102. The molecule has 3 aromatic heterocycles. The van der Waals surface area contributed by atoms with Crippen LogP contribution in [-0.2, 0) is 6.54 Å². The number of anilines is 3. The van der Waals surface area contributed by atoms with Crippen molar-refractivity contribution in [3.8, 4) is 5.82 Å². The molecule has 1 aromatic carbocycles. The molecule has 0 spiro atoms. The number of aromatic nitrogens is 6. The van der Waals surface area contributed by atoms with E-state index in [9.17, 15) is 9.18 Å². The van der Waals surface area contributed by atoms with E-state index in [1.165, 1.54) is 41.5 Å². The van der Waals surface area contributed by atoms with Gasteiger partial charge in [-0.1, -0.05) is 5.21 Å². The molecular formula is C19H16FN9O. The Kier molecular flexibility index (Phi) is 5.24. The van der Waals surface area contributed by atoms with Gasteiger partial charge in [-0.05, 0) is 30.3 Å². The molecule has 10 nitrogen and oxygen atoms in total. The molecule has 0 aliphatic carbocycles. The fraction of sp³-hybridized carbons (Fsp3) is 0.0526. The summed E-state index contributed by atoms with van der Waals surface area (Å²) >= 11 is 0. The Morgan fingerprint density at radius 3 is 2.77 bits per heavy atom. The van der Waals surface area contributed by atoms with E-state index < -0.39 is 11.7 Å². The van der Waals surface area contributed by atoms with E-state index in [1.54, 1.807) is 24.5 Å². The summed E-state index contributed by atoms with van der Waals surface area (Å²) in [5.41, 5.74) is 7.24. The third kappa shape index (κ3) is 4.19. The maximum Gasteiger partial charge on any atom is 0.275 e. The van der Waals surface area contributed by atoms with E-state index >= 15 is 0 Å². The second-order valence-electron chi connectivity index (χ2n) is 6.16. The summed E-state index contributed by atoms with van der Waals surface area (Å²) in [4.78, 5) is 24.6. The number of nitrogens with zero attached hydrogens (tertiary/aromatic N) is 6. The first-order chi connectivity index (χ1) is 14.6. The number of pyridine rings is 1. The Morgan fingerprint density at radius 2 is 2.03 bits per heavy atom. The number of halogens is 1. The molecule has 4 aromatic rings. The van der Waals surface area contributed by atoms with Crippen LogP contribution in [0, 0.1) is 5.82 Å². The Bertz CT molecular complexity index is 1160. The Hall–Kier alpha value is -4.41. The molecule has 1 amide bonds. The lowest BCUT2D eigenvalue weighted by atomic mass is 10.1. The summed E-state index contributed by atoms with van der Waals surface area (Å²) in [6.45, 7) is 0.165. The number of hydrogen-bond acceptors (Lipinski definition) is 8. The van der Waals surface area contributed by atoms with Crippen molar-refractivity contribution in [2.75, 3.05) is 16.4 Å². The van der Waals surface area contributed by atoms with E-state index in [0.717, 1.165) is 0 Å². The summed E-state index contributed by atoms with van der Waals surface area (Å²) < 4.78 is 15.6. The van der Waals surface area contributed by atoms with Gasteiger partial charge in [-0.3, -0.25) is 4.79 Å². The van der Waals surface area contributed by atoms with Gasteiger partial charge in [-0.2, -0.15) is 0 Å². The summed E-state index contributed by atoms with van der Waals surface area (Å²) in [5.74, 6) is -0.154. The number of amides is 1. The van der Waals surface area contributed by atoms with Gasteiger partial charge < -0.3 is 16.4 Å². The van der Waals surface area contributed by atoms with Gasteiger partial charge in [0.25, 0.3) is 5.91 Å². The van der Waals surface area contributed by atoms with Crippen molar-refractivity contribution in [3.05, 3.63) is 78.4 Å². The van der Waals surface area contributed by atoms with Crippen molar-refractivity contribution < 1.29 is 9.18 Å². The standard InChI is InChI=1S/C19H16FN9O/c20-14-4-3-13(8-12(14)9-23-15-2-1-5-22-18(15)21)27-19(30)16-10-25-17(11-24-16)29-7-6-26-28-29/h1-8,10-11,23H,9H2,(H2,21,22)(H,27,30). The number of rotatable bonds is 6. The number of nitrogens with one attached hydrogen (secondary N) is 2. The molecule has 0 atom stereocenters. The van der Waals surface area contributed by atoms with Gasteiger partial charge in [0.05, 0.1) is 30.5 Å². The number of nitrogen functional groups attached to an aromatic ring is 1. The van der Waals surface area contributed by atoms with Crippen molar-refractivity contribution in [1.82, 2.24) is 29.9 Å². The van der Waals surface area contributed by atoms with E-state index in [0.29, 0.717) is 28.6 Å². The highest BCUT2D eigenvalue weighted by molar-refractivity contribution is 6.02. The number of benzene rings is 1. The van der Waals surface area contributed by atoms with Crippen LogP contribution < -0.4 is 16.4 Å². The molecule has 0 aliphatic heterocycles. The van der Waals surface area contributed by atoms with Crippen molar-refractivity contribution >= 4 is 23.1 Å². The molecule has 0 saturated heterocycles. The predicted molar refractivity (Wildman–Crippen MR) is 107 cm³/mol. The first kappa shape index (κ1) is 18.9. The fourth-order valence-corrected chi connectivity index (χ4v) is 2.63. The van der Waals surface area contributed by atoms with Crippen LogP contribution in [0.1, 0.15) is 16.1 Å². The van der Waals surface area contributed by atoms with Crippen LogP contribution in [0.2, 0.25) is 0 Å². The topological polar surface area (TPSA) is 137 Å². The number of nitrogens with two attached hydrogens (primary N) is 1. The van der Waals surface area contributed by atoms with Crippen LogP contribution in [0.4, 0.5) is 21.6 Å². The van der Waals surface area contributed by atoms with Gasteiger partial charge in [-0.15, -0.1) is 5.10 Å². The van der Waals surface area contributed by atoms with E-state index in [-0.39, 0.29) is 12.2 Å². The van der Waals surface area contributed by atoms with Gasteiger partial charge in [0.2, 0.25) is 0 Å². The van der Waals surface area contributed by atoms with Gasteiger partial charge >= 0.3 is 0 Å². The van der Waals surface area contributed by atoms with Gasteiger partial charge in [0.15, 0.2) is 5.82 Å². The largest absolute Gasteiger partial charge is 0.382 e. The molecule has 3 heterocycles. The third-order valence-corrected chi connectivity index (χ3v) is 4.14. The van der Waals surface area contributed by atoms with Crippen LogP contribution >= 0.6 is 0 Å². The highest BCUT2D eigenvalue weighted by atomic mass is 19.1. The van der Waals surface area contributed by atoms with Crippen molar-refractivity contribution in [3.63, 3.8) is 0 Å². The number of carbonyl (C=O) groups is 1. The SMILES string of the molecule is Nc1ncccc1NCc1cc(NC(=O)c2cnc(-n3ccnn3)cn2)ccc1F. The monoisotopic (exact) mass is 405 g/mol. The van der Waals surface area contributed by atoms with E-state index in [1.807, 2.05) is 0 Å². The maximum absolute atomic E-state index is 14.2. The van der Waals surface area contributed by atoms with Crippen molar-refractivity contribution in [2.45, 2.75) is 6.54 Å². The van der Waals surface area contributed by atoms with Crippen LogP contribution in [0.3, 0.4) is 0 Å². The van der Waals surface area contributed by atoms with E-state index in [2.05, 4.69) is 35.9 Å². The lowest BCUT2D eigenvalue weighted by Crippen LogP contribution is -2.15. The minimum absolute atomic E-state index is 0.103. The van der Waals surface area contributed by atoms with E-state index in [4.69, 9.17) is 5.73 Å². The second kappa shape index (κ2) is 8.31. The summed E-state index contributed by atoms with van der Waals surface area (Å²) in [5, 5.41) is 13.2. The van der Waals surface area contributed by atoms with Crippen molar-refractivity contribution in [2.24, 2.45) is 0 Å². The average Bonchev–Trinajstić information content (AvgIpc) is 3.30. The smallest absolute Gasteiger partial charge is 0.275 e. The number of carbonyl (C=O) groups excluding carboxylic acids is 1. The molecule has 4 rings (SSSR count). The Labute approximate surface area is 170 Å². The average molecular weight is 405 g/mol. The number of hydrogen-bond donors (Lipinski definition) is 3. The molecule has 0 radical (unpaired) electrons. The van der Waals surface area contributed by atoms with Crippen LogP contribution in [0.25, 0.3) is 5.82 Å². The van der Waals surface area contributed by atoms with Crippen molar-refractivity contribution in [1.29, 1.82) is 0 Å². The first-order valence-corrected chi connectivity index (χ1v) is 8.83. The Balaban J connectivity index is 1.44. The molecule has 0 unspecified atom stereocenters. The van der Waals surface area contributed by atoms with Crippen LogP contribution in [-0.4, -0.2) is 35.9 Å². The zero-order valence-corrected chi connectivity index (χ0v) is 15.5. The van der Waals surface area contributed by atoms with Crippen LogP contribution in [0.5, 0.6) is 0 Å². The summed E-state index contributed by atoms with van der Waals surface area (Å²) in [6, 6.07) is 7.74. The normalized spacial score (nSPS) is 10.6. The van der Waals surface area contributed by atoms with Gasteiger partial charge in [0, 0.05) is 24.0 Å². The molecule has 4 N–H and O–H groups in total. The maximum atomic E-state index is 14.2. The fourth-order valence-electron chi connectivity index (χ4n) is 2.63. The minimum atomic E-state index is -0.477. The Morgan fingerprint density at radius 1 is 1.13 bits per heavy atom. The molecule has 11 heteroatoms. The summed E-state index contributed by atoms with van der Waals surface area (Å²) in [7, 11) is 0. The molecule has 0 fully saturated rings. The molecular weight excluding hydrogens is 389 g/mol. The quantitative estimate of drug-likeness (QED) is 0.443. The highest BCUT2D eigenvalue weighted by Crippen LogP contribution is 2.19. The molecule has 30 heavy (non-hydrogen) atoms. The highest BCUT2D eigenvalue weighted by Gasteiger charge is 2.11. The third-order valence-electron chi connectivity index (χ3n) is 4.14. The molecule has 0 bridgehead atoms.